The van der Waals surface area contributed by atoms with E-state index in [4.69, 9.17) is 4.74 Å². The lowest BCUT2D eigenvalue weighted by Crippen LogP contribution is -2.25. The Hall–Kier alpha value is -1.62. The van der Waals surface area contributed by atoms with Gasteiger partial charge < -0.3 is 4.74 Å². The van der Waals surface area contributed by atoms with Gasteiger partial charge in [0, 0.05) is 23.0 Å². The number of allylic oxidation sites excluding steroid dienone is 4. The maximum Gasteiger partial charge on any atom is 0.197 e. The highest BCUT2D eigenvalue weighted by Crippen LogP contribution is 2.78. The lowest BCUT2D eigenvalue weighted by atomic mass is 9.73. The maximum absolute atomic E-state index is 14.5. The minimum Gasteiger partial charge on any atom is -0.362 e. The average Bonchev–Trinajstić information content (AvgIpc) is 2.85. The zero-order valence-corrected chi connectivity index (χ0v) is 12.5. The van der Waals surface area contributed by atoms with Crippen molar-refractivity contribution in [2.75, 3.05) is 0 Å². The summed E-state index contributed by atoms with van der Waals surface area (Å²) < 4.78 is 62.6. The van der Waals surface area contributed by atoms with E-state index >= 15 is 0 Å². The van der Waals surface area contributed by atoms with Crippen LogP contribution in [0.2, 0.25) is 0 Å². The van der Waals surface area contributed by atoms with E-state index in [2.05, 4.69) is 0 Å². The summed E-state index contributed by atoms with van der Waals surface area (Å²) in [4.78, 5) is 0. The van der Waals surface area contributed by atoms with Gasteiger partial charge in [-0.1, -0.05) is 24.3 Å². The number of rotatable bonds is 0. The number of benzene rings is 1. The molecule has 1 aromatic rings. The number of hydrogen-bond donors (Lipinski definition) is 0. The molecule has 0 amide bonds. The zero-order chi connectivity index (χ0) is 16.3. The Morgan fingerprint density at radius 1 is 0.783 bits per heavy atom. The molecule has 1 saturated carbocycles. The van der Waals surface area contributed by atoms with Crippen molar-refractivity contribution in [2.45, 2.75) is 36.9 Å². The largest absolute Gasteiger partial charge is 0.362 e. The van der Waals surface area contributed by atoms with Gasteiger partial charge in [0.25, 0.3) is 0 Å². The van der Waals surface area contributed by atoms with Crippen LogP contribution in [0, 0.1) is 35.1 Å². The fourth-order valence-corrected chi connectivity index (χ4v) is 5.43. The summed E-state index contributed by atoms with van der Waals surface area (Å²) in [6.07, 6.45) is 7.60. The van der Waals surface area contributed by atoms with Crippen LogP contribution in [0.3, 0.4) is 0 Å². The standard InChI is InChI=1S/C18H14F4O/c1-17(2)18(23-17)11-7-5-3-4-6-8(7)12(18)10-9(11)13(19)15(21)16(22)14(10)20/h3-8,11-12H,1-2H3/t7-,8+,11-,12-,18?/m1/s1. The summed E-state index contributed by atoms with van der Waals surface area (Å²) in [7, 11) is 0. The molecule has 5 atom stereocenters. The second-order valence-corrected chi connectivity index (χ2v) is 7.37. The lowest BCUT2D eigenvalue weighted by Gasteiger charge is -2.30. The normalized spacial score (nSPS) is 40.6. The molecule has 1 heterocycles. The van der Waals surface area contributed by atoms with Crippen molar-refractivity contribution in [1.29, 1.82) is 0 Å². The van der Waals surface area contributed by atoms with E-state index in [1.165, 1.54) is 0 Å². The number of halogens is 4. The van der Waals surface area contributed by atoms with E-state index in [9.17, 15) is 17.6 Å². The fourth-order valence-electron chi connectivity index (χ4n) is 5.43. The van der Waals surface area contributed by atoms with E-state index in [1.54, 1.807) is 0 Å². The van der Waals surface area contributed by atoms with Crippen LogP contribution in [0.4, 0.5) is 17.6 Å². The summed E-state index contributed by atoms with van der Waals surface area (Å²) in [5, 5.41) is 0. The lowest BCUT2D eigenvalue weighted by molar-refractivity contribution is 0.253. The van der Waals surface area contributed by atoms with Crippen molar-refractivity contribution >= 4 is 0 Å². The first-order valence-corrected chi connectivity index (χ1v) is 7.74. The Morgan fingerprint density at radius 3 is 1.52 bits per heavy atom. The van der Waals surface area contributed by atoms with Crippen molar-refractivity contribution in [1.82, 2.24) is 0 Å². The van der Waals surface area contributed by atoms with E-state index < -0.39 is 46.3 Å². The smallest absolute Gasteiger partial charge is 0.197 e. The molecule has 1 nitrogen and oxygen atoms in total. The summed E-state index contributed by atoms with van der Waals surface area (Å²) in [5.74, 6) is -7.14. The van der Waals surface area contributed by atoms with Crippen LogP contribution in [0.5, 0.6) is 0 Å². The van der Waals surface area contributed by atoms with Crippen LogP contribution in [-0.2, 0) is 4.74 Å². The van der Waals surface area contributed by atoms with Gasteiger partial charge in [0.15, 0.2) is 23.3 Å². The predicted octanol–water partition coefficient (Wildman–Crippen LogP) is 4.34. The molecule has 5 heteroatoms. The quantitative estimate of drug-likeness (QED) is 0.299. The maximum atomic E-state index is 14.5. The molecule has 1 spiro atoms. The van der Waals surface area contributed by atoms with Gasteiger partial charge in [-0.15, -0.1) is 0 Å². The first-order chi connectivity index (χ1) is 10.8. The molecule has 1 unspecified atom stereocenters. The topological polar surface area (TPSA) is 12.5 Å². The number of hydrogen-bond acceptors (Lipinski definition) is 1. The van der Waals surface area contributed by atoms with E-state index in [0.717, 1.165) is 0 Å². The zero-order valence-electron chi connectivity index (χ0n) is 12.5. The van der Waals surface area contributed by atoms with Gasteiger partial charge in [-0.05, 0) is 25.7 Å². The van der Waals surface area contributed by atoms with Gasteiger partial charge in [-0.3, -0.25) is 0 Å². The minimum atomic E-state index is -1.73. The van der Waals surface area contributed by atoms with Crippen LogP contribution in [0.25, 0.3) is 0 Å². The van der Waals surface area contributed by atoms with Crippen LogP contribution in [0.15, 0.2) is 24.3 Å². The molecule has 0 aromatic heterocycles. The number of fused-ring (bicyclic) bond motifs is 6. The first-order valence-electron chi connectivity index (χ1n) is 7.74. The molecule has 5 rings (SSSR count). The monoisotopic (exact) mass is 322 g/mol. The van der Waals surface area contributed by atoms with Gasteiger partial charge >= 0.3 is 0 Å². The van der Waals surface area contributed by atoms with Crippen LogP contribution >= 0.6 is 0 Å². The highest BCUT2D eigenvalue weighted by atomic mass is 19.2. The molecule has 1 aliphatic heterocycles. The van der Waals surface area contributed by atoms with E-state index in [1.807, 2.05) is 38.2 Å². The molecular formula is C18H14F4O. The van der Waals surface area contributed by atoms with Crippen molar-refractivity contribution in [3.8, 4) is 0 Å². The molecule has 2 bridgehead atoms. The Morgan fingerprint density at radius 2 is 1.17 bits per heavy atom. The summed E-state index contributed by atoms with van der Waals surface area (Å²) in [6, 6.07) is 0. The Labute approximate surface area is 130 Å². The SMILES string of the molecule is CC1(C)OC12[C@H]1c3c(F)c(F)c(F)c(F)c3[C@H]2[C@H]2C=CC=C[C@H]21. The predicted molar refractivity (Wildman–Crippen MR) is 74.9 cm³/mol. The fraction of sp³-hybridized carbons (Fsp3) is 0.444. The summed E-state index contributed by atoms with van der Waals surface area (Å²) in [5.41, 5.74) is -1.42. The minimum absolute atomic E-state index is 0.0295. The molecule has 3 aliphatic carbocycles. The molecule has 2 fully saturated rings. The Bertz CT molecular complexity index is 766. The Balaban J connectivity index is 1.86. The van der Waals surface area contributed by atoms with E-state index in [-0.39, 0.29) is 23.0 Å². The highest BCUT2D eigenvalue weighted by molar-refractivity contribution is 5.58. The third-order valence-corrected chi connectivity index (χ3v) is 6.20. The molecular weight excluding hydrogens is 308 g/mol. The van der Waals surface area contributed by atoms with Crippen molar-refractivity contribution in [3.63, 3.8) is 0 Å². The van der Waals surface area contributed by atoms with Gasteiger partial charge in [0.1, 0.15) is 5.60 Å². The molecule has 1 aromatic carbocycles. The summed E-state index contributed by atoms with van der Waals surface area (Å²) >= 11 is 0. The van der Waals surface area contributed by atoms with Gasteiger partial charge in [-0.2, -0.15) is 0 Å². The third kappa shape index (κ3) is 1.24. The average molecular weight is 322 g/mol. The number of ether oxygens (including phenoxy) is 1. The first kappa shape index (κ1) is 13.8. The van der Waals surface area contributed by atoms with Gasteiger partial charge in [0.2, 0.25) is 0 Å². The Kier molecular flexibility index (Phi) is 2.23. The van der Waals surface area contributed by atoms with Crippen LogP contribution < -0.4 is 0 Å². The molecule has 4 aliphatic rings. The highest BCUT2D eigenvalue weighted by Gasteiger charge is 2.82. The third-order valence-electron chi connectivity index (χ3n) is 6.20. The van der Waals surface area contributed by atoms with Crippen LogP contribution in [-0.4, -0.2) is 11.2 Å². The molecule has 0 radical (unpaired) electrons. The van der Waals surface area contributed by atoms with Crippen molar-refractivity contribution in [2.24, 2.45) is 11.8 Å². The summed E-state index contributed by atoms with van der Waals surface area (Å²) in [6.45, 7) is 3.73. The van der Waals surface area contributed by atoms with Gasteiger partial charge in [0.05, 0.1) is 5.60 Å². The molecule has 120 valence electrons. The van der Waals surface area contributed by atoms with Crippen molar-refractivity contribution < 1.29 is 22.3 Å². The van der Waals surface area contributed by atoms with Gasteiger partial charge in [-0.25, -0.2) is 17.6 Å². The number of epoxide rings is 1. The molecule has 1 saturated heterocycles. The van der Waals surface area contributed by atoms with Crippen molar-refractivity contribution in [3.05, 3.63) is 58.7 Å². The second kappa shape index (κ2) is 3.72. The second-order valence-electron chi connectivity index (χ2n) is 7.37. The van der Waals surface area contributed by atoms with Crippen LogP contribution in [0.1, 0.15) is 36.8 Å². The molecule has 23 heavy (non-hydrogen) atoms. The van der Waals surface area contributed by atoms with E-state index in [0.29, 0.717) is 0 Å². The molecule has 0 N–H and O–H groups in total.